The highest BCUT2D eigenvalue weighted by Gasteiger charge is 2.09. The summed E-state index contributed by atoms with van der Waals surface area (Å²) in [6.45, 7) is 1.90. The second kappa shape index (κ2) is 5.01. The Labute approximate surface area is 110 Å². The maximum atomic E-state index is 11.9. The zero-order chi connectivity index (χ0) is 13.1. The molecule has 1 heterocycles. The highest BCUT2D eigenvalue weighted by Crippen LogP contribution is 2.18. The number of hydrogen-bond donors (Lipinski definition) is 2. The van der Waals surface area contributed by atoms with Crippen molar-refractivity contribution in [2.45, 2.75) is 6.92 Å². The number of hydrogen-bond acceptors (Lipinski definition) is 3. The molecule has 0 bridgehead atoms. The first-order chi connectivity index (χ1) is 8.58. The van der Waals surface area contributed by atoms with Crippen LogP contribution in [0.4, 0.5) is 5.69 Å². The lowest BCUT2D eigenvalue weighted by atomic mass is 10.1. The van der Waals surface area contributed by atoms with Crippen LogP contribution in [0.5, 0.6) is 0 Å². The van der Waals surface area contributed by atoms with E-state index in [1.807, 2.05) is 19.1 Å². The van der Waals surface area contributed by atoms with Crippen LogP contribution >= 0.6 is 12.2 Å². The van der Waals surface area contributed by atoms with Gasteiger partial charge in [-0.25, -0.2) is 0 Å². The number of carbonyl (C=O) groups excluding carboxylic acids is 1. The van der Waals surface area contributed by atoms with Crippen molar-refractivity contribution in [3.05, 3.63) is 53.5 Å². The summed E-state index contributed by atoms with van der Waals surface area (Å²) < 4.78 is 4.86. The number of carbonyl (C=O) groups is 1. The number of aryl methyl sites for hydroxylation is 1. The lowest BCUT2D eigenvalue weighted by Crippen LogP contribution is -2.14. The van der Waals surface area contributed by atoms with E-state index < -0.39 is 0 Å². The predicted molar refractivity (Wildman–Crippen MR) is 73.7 cm³/mol. The summed E-state index contributed by atoms with van der Waals surface area (Å²) in [6, 6.07) is 7.04. The number of benzene rings is 1. The van der Waals surface area contributed by atoms with Crippen LogP contribution in [0.25, 0.3) is 0 Å². The van der Waals surface area contributed by atoms with E-state index in [0.29, 0.717) is 16.2 Å². The van der Waals surface area contributed by atoms with Gasteiger partial charge in [-0.1, -0.05) is 24.4 Å². The van der Waals surface area contributed by atoms with Crippen molar-refractivity contribution in [3.63, 3.8) is 0 Å². The van der Waals surface area contributed by atoms with E-state index in [1.54, 1.807) is 12.1 Å². The van der Waals surface area contributed by atoms with Gasteiger partial charge in [0.25, 0.3) is 5.91 Å². The van der Waals surface area contributed by atoms with Gasteiger partial charge in [0, 0.05) is 11.3 Å². The second-order valence-electron chi connectivity index (χ2n) is 3.86. The largest absolute Gasteiger partial charge is 0.472 e. The molecular formula is C13H12N2O2S. The van der Waals surface area contributed by atoms with Crippen molar-refractivity contribution >= 4 is 28.8 Å². The summed E-state index contributed by atoms with van der Waals surface area (Å²) in [5, 5.41) is 2.79. The Morgan fingerprint density at radius 1 is 1.33 bits per heavy atom. The standard InChI is InChI=1S/C13H12N2O2S/c1-8-2-3-9(12(14)18)6-11(8)15-13(16)10-4-5-17-7-10/h2-7H,1H3,(H2,14,18)(H,15,16). The van der Waals surface area contributed by atoms with Crippen LogP contribution in [0, 0.1) is 6.92 Å². The fraction of sp³-hybridized carbons (Fsp3) is 0.0769. The number of furan rings is 1. The highest BCUT2D eigenvalue weighted by atomic mass is 32.1. The van der Waals surface area contributed by atoms with Gasteiger partial charge < -0.3 is 15.5 Å². The summed E-state index contributed by atoms with van der Waals surface area (Å²) in [5.74, 6) is -0.230. The number of nitrogens with two attached hydrogens (primary N) is 1. The molecule has 2 rings (SSSR count). The molecule has 1 amide bonds. The van der Waals surface area contributed by atoms with E-state index in [1.165, 1.54) is 12.5 Å². The molecule has 0 unspecified atom stereocenters. The molecule has 0 spiro atoms. The number of rotatable bonds is 3. The van der Waals surface area contributed by atoms with E-state index in [-0.39, 0.29) is 5.91 Å². The topological polar surface area (TPSA) is 68.3 Å². The average Bonchev–Trinajstić information content (AvgIpc) is 2.85. The molecule has 0 aliphatic rings. The summed E-state index contributed by atoms with van der Waals surface area (Å²) in [7, 11) is 0. The van der Waals surface area contributed by atoms with Crippen molar-refractivity contribution in [2.24, 2.45) is 5.73 Å². The maximum Gasteiger partial charge on any atom is 0.258 e. The van der Waals surface area contributed by atoms with Crippen LogP contribution in [-0.2, 0) is 0 Å². The maximum absolute atomic E-state index is 11.9. The smallest absolute Gasteiger partial charge is 0.258 e. The van der Waals surface area contributed by atoms with Gasteiger partial charge in [-0.05, 0) is 24.6 Å². The van der Waals surface area contributed by atoms with Crippen molar-refractivity contribution in [2.75, 3.05) is 5.32 Å². The first kappa shape index (κ1) is 12.3. The fourth-order valence-electron chi connectivity index (χ4n) is 1.50. The number of nitrogens with one attached hydrogen (secondary N) is 1. The first-order valence-electron chi connectivity index (χ1n) is 5.32. The van der Waals surface area contributed by atoms with Crippen molar-refractivity contribution in [3.8, 4) is 0 Å². The second-order valence-corrected chi connectivity index (χ2v) is 4.30. The molecule has 0 saturated heterocycles. The first-order valence-corrected chi connectivity index (χ1v) is 5.73. The zero-order valence-electron chi connectivity index (χ0n) is 9.77. The summed E-state index contributed by atoms with van der Waals surface area (Å²) in [4.78, 5) is 12.2. The van der Waals surface area contributed by atoms with Gasteiger partial charge in [-0.2, -0.15) is 0 Å². The summed E-state index contributed by atoms with van der Waals surface area (Å²) in [5.41, 5.74) is 8.37. The third-order valence-corrected chi connectivity index (χ3v) is 2.79. The molecule has 0 radical (unpaired) electrons. The Morgan fingerprint density at radius 3 is 2.72 bits per heavy atom. The third-order valence-electron chi connectivity index (χ3n) is 2.55. The van der Waals surface area contributed by atoms with Gasteiger partial charge in [0.05, 0.1) is 11.8 Å². The SMILES string of the molecule is Cc1ccc(C(N)=S)cc1NC(=O)c1ccoc1. The molecule has 0 atom stereocenters. The Bertz CT molecular complexity index is 591. The minimum absolute atomic E-state index is 0.230. The molecule has 4 nitrogen and oxygen atoms in total. The van der Waals surface area contributed by atoms with Crippen LogP contribution in [0.2, 0.25) is 0 Å². The van der Waals surface area contributed by atoms with Crippen LogP contribution in [0.1, 0.15) is 21.5 Å². The summed E-state index contributed by atoms with van der Waals surface area (Å²) in [6.07, 6.45) is 2.84. The van der Waals surface area contributed by atoms with Crippen molar-refractivity contribution < 1.29 is 9.21 Å². The molecule has 18 heavy (non-hydrogen) atoms. The number of amides is 1. The van der Waals surface area contributed by atoms with E-state index in [0.717, 1.165) is 11.1 Å². The van der Waals surface area contributed by atoms with Gasteiger partial charge in [-0.15, -0.1) is 0 Å². The van der Waals surface area contributed by atoms with Crippen molar-refractivity contribution in [1.82, 2.24) is 0 Å². The van der Waals surface area contributed by atoms with Gasteiger partial charge in [0.15, 0.2) is 0 Å². The Hall–Kier alpha value is -2.14. The quantitative estimate of drug-likeness (QED) is 0.832. The molecule has 2 aromatic rings. The normalized spacial score (nSPS) is 10.1. The Balaban J connectivity index is 2.26. The molecular weight excluding hydrogens is 248 g/mol. The van der Waals surface area contributed by atoms with Gasteiger partial charge in [0.2, 0.25) is 0 Å². The highest BCUT2D eigenvalue weighted by molar-refractivity contribution is 7.80. The molecule has 0 aliphatic heterocycles. The van der Waals surface area contributed by atoms with Crippen molar-refractivity contribution in [1.29, 1.82) is 0 Å². The predicted octanol–water partition coefficient (Wildman–Crippen LogP) is 2.47. The van der Waals surface area contributed by atoms with Gasteiger partial charge in [-0.3, -0.25) is 4.79 Å². The molecule has 0 aliphatic carbocycles. The summed E-state index contributed by atoms with van der Waals surface area (Å²) >= 11 is 4.91. The molecule has 0 saturated carbocycles. The van der Waals surface area contributed by atoms with Crippen LogP contribution in [0.15, 0.2) is 41.2 Å². The molecule has 1 aromatic carbocycles. The van der Waals surface area contributed by atoms with E-state index in [4.69, 9.17) is 22.4 Å². The Morgan fingerprint density at radius 2 is 2.11 bits per heavy atom. The van der Waals surface area contributed by atoms with E-state index >= 15 is 0 Å². The molecule has 92 valence electrons. The van der Waals surface area contributed by atoms with Crippen LogP contribution in [-0.4, -0.2) is 10.9 Å². The van der Waals surface area contributed by atoms with E-state index in [9.17, 15) is 4.79 Å². The lowest BCUT2D eigenvalue weighted by molar-refractivity contribution is 0.102. The number of thiocarbonyl (C=S) groups is 1. The van der Waals surface area contributed by atoms with Gasteiger partial charge in [0.1, 0.15) is 11.3 Å². The van der Waals surface area contributed by atoms with Crippen LogP contribution < -0.4 is 11.1 Å². The number of anilines is 1. The monoisotopic (exact) mass is 260 g/mol. The Kier molecular flexibility index (Phi) is 3.43. The van der Waals surface area contributed by atoms with Gasteiger partial charge >= 0.3 is 0 Å². The molecule has 5 heteroatoms. The third kappa shape index (κ3) is 2.57. The molecule has 3 N–H and O–H groups in total. The minimum Gasteiger partial charge on any atom is -0.472 e. The van der Waals surface area contributed by atoms with E-state index in [2.05, 4.69) is 5.32 Å². The minimum atomic E-state index is -0.230. The lowest BCUT2D eigenvalue weighted by Gasteiger charge is -2.09. The molecule has 1 aromatic heterocycles. The zero-order valence-corrected chi connectivity index (χ0v) is 10.6. The average molecular weight is 260 g/mol. The molecule has 0 fully saturated rings. The van der Waals surface area contributed by atoms with Crippen LogP contribution in [0.3, 0.4) is 0 Å². The fourth-order valence-corrected chi connectivity index (χ4v) is 1.63.